The number of fused-ring (bicyclic) bond motifs is 1. The fourth-order valence-corrected chi connectivity index (χ4v) is 6.24. The van der Waals surface area contributed by atoms with E-state index >= 15 is 0 Å². The molecule has 2 aliphatic rings. The third kappa shape index (κ3) is 6.09. The molecular weight excluding hydrogens is 544 g/mol. The van der Waals surface area contributed by atoms with Crippen molar-refractivity contribution in [2.75, 3.05) is 23.7 Å². The summed E-state index contributed by atoms with van der Waals surface area (Å²) >= 11 is 0. The maximum absolute atomic E-state index is 13.1. The maximum Gasteiger partial charge on any atom is 0.407 e. The first-order chi connectivity index (χ1) is 20.9. The Labute approximate surface area is 250 Å². The molecule has 10 nitrogen and oxygen atoms in total. The molecule has 2 unspecified atom stereocenters. The van der Waals surface area contributed by atoms with E-state index in [9.17, 15) is 14.7 Å². The highest BCUT2D eigenvalue weighted by Crippen LogP contribution is 2.39. The lowest BCUT2D eigenvalue weighted by molar-refractivity contribution is -0.120. The lowest BCUT2D eigenvalue weighted by Gasteiger charge is -2.31. The number of ether oxygens (including phenoxy) is 1. The van der Waals surface area contributed by atoms with E-state index in [1.54, 1.807) is 18.5 Å². The Balaban J connectivity index is 1.27. The highest BCUT2D eigenvalue weighted by atomic mass is 16.5. The molecule has 1 saturated heterocycles. The zero-order valence-electron chi connectivity index (χ0n) is 24.4. The minimum Gasteiger partial charge on any atom is -0.465 e. The summed E-state index contributed by atoms with van der Waals surface area (Å²) in [5.41, 5.74) is 3.02. The molecule has 0 bridgehead atoms. The number of nitrogens with zero attached hydrogens (tertiary/aromatic N) is 4. The van der Waals surface area contributed by atoms with E-state index in [0.717, 1.165) is 54.1 Å². The number of benzene rings is 2. The average molecular weight is 581 g/mol. The summed E-state index contributed by atoms with van der Waals surface area (Å²) in [5.74, 6) is 1.97. The van der Waals surface area contributed by atoms with Crippen LogP contribution >= 0.6 is 0 Å². The van der Waals surface area contributed by atoms with Crippen molar-refractivity contribution in [3.05, 3.63) is 66.5 Å². The van der Waals surface area contributed by atoms with Gasteiger partial charge >= 0.3 is 6.09 Å². The summed E-state index contributed by atoms with van der Waals surface area (Å²) in [6.07, 6.45) is 7.15. The molecule has 2 aromatic heterocycles. The average Bonchev–Trinajstić information content (AvgIpc) is 3.45. The molecule has 4 aromatic rings. The smallest absolute Gasteiger partial charge is 0.407 e. The third-order valence-electron chi connectivity index (χ3n) is 8.59. The van der Waals surface area contributed by atoms with Gasteiger partial charge in [0.25, 0.3) is 0 Å². The van der Waals surface area contributed by atoms with Gasteiger partial charge in [0.15, 0.2) is 0 Å². The van der Waals surface area contributed by atoms with E-state index in [1.165, 1.54) is 4.90 Å². The second-order valence-corrected chi connectivity index (χ2v) is 11.6. The van der Waals surface area contributed by atoms with Crippen LogP contribution < -0.4 is 15.4 Å². The van der Waals surface area contributed by atoms with Crippen molar-refractivity contribution in [1.29, 1.82) is 0 Å². The first-order valence-corrected chi connectivity index (χ1v) is 14.9. The summed E-state index contributed by atoms with van der Waals surface area (Å²) in [4.78, 5) is 39.6. The lowest BCUT2D eigenvalue weighted by atomic mass is 9.97. The highest BCUT2D eigenvalue weighted by Gasteiger charge is 2.30. The van der Waals surface area contributed by atoms with Crippen molar-refractivity contribution < 1.29 is 19.4 Å². The van der Waals surface area contributed by atoms with Crippen LogP contribution in [0.5, 0.6) is 11.6 Å². The van der Waals surface area contributed by atoms with Gasteiger partial charge in [-0.05, 0) is 68.4 Å². The second kappa shape index (κ2) is 12.2. The Morgan fingerprint density at radius 3 is 2.67 bits per heavy atom. The van der Waals surface area contributed by atoms with Gasteiger partial charge in [-0.25, -0.2) is 19.7 Å². The topological polar surface area (TPSA) is 130 Å². The molecule has 2 aromatic carbocycles. The van der Waals surface area contributed by atoms with Crippen LogP contribution in [0.4, 0.5) is 16.4 Å². The summed E-state index contributed by atoms with van der Waals surface area (Å²) < 4.78 is 6.54. The number of aromatic nitrogens is 3. The van der Waals surface area contributed by atoms with Gasteiger partial charge in [0.05, 0.1) is 11.3 Å². The van der Waals surface area contributed by atoms with Crippen LogP contribution in [0.25, 0.3) is 22.0 Å². The molecular formula is C33H36N6O4. The minimum atomic E-state index is -0.917. The number of likely N-dealkylation sites (tertiary alicyclic amines) is 1. The SMILES string of the molecule is Cc1ccc2c(NC(=O)C3CCCC3C)cccc2c1Oc1ncccc1-c1ccnc(N[C@H]2CCCN(C(=O)O)C2)n1. The number of piperidine rings is 1. The van der Waals surface area contributed by atoms with E-state index in [1.807, 2.05) is 49.4 Å². The first-order valence-electron chi connectivity index (χ1n) is 14.9. The number of aryl methyl sites for hydroxylation is 1. The molecule has 1 aliphatic heterocycles. The molecule has 0 spiro atoms. The zero-order chi connectivity index (χ0) is 29.9. The van der Waals surface area contributed by atoms with Crippen LogP contribution in [0.1, 0.15) is 44.6 Å². The van der Waals surface area contributed by atoms with E-state index in [0.29, 0.717) is 47.8 Å². The number of nitrogens with one attached hydrogen (secondary N) is 2. The van der Waals surface area contributed by atoms with Gasteiger partial charge in [-0.15, -0.1) is 0 Å². The molecule has 3 heterocycles. The Bertz CT molecular complexity index is 1660. The third-order valence-corrected chi connectivity index (χ3v) is 8.59. The normalized spacial score (nSPS) is 20.1. The van der Waals surface area contributed by atoms with E-state index in [-0.39, 0.29) is 17.9 Å². The van der Waals surface area contributed by atoms with Crippen molar-refractivity contribution in [1.82, 2.24) is 19.9 Å². The molecule has 0 radical (unpaired) electrons. The van der Waals surface area contributed by atoms with E-state index in [2.05, 4.69) is 27.5 Å². The van der Waals surface area contributed by atoms with Crippen LogP contribution in [-0.4, -0.2) is 56.1 Å². The first kappa shape index (κ1) is 28.4. The molecule has 1 aliphatic carbocycles. The van der Waals surface area contributed by atoms with Gasteiger partial charge in [0.1, 0.15) is 5.75 Å². The van der Waals surface area contributed by atoms with Gasteiger partial charge in [-0.3, -0.25) is 4.79 Å². The Morgan fingerprint density at radius 1 is 0.977 bits per heavy atom. The van der Waals surface area contributed by atoms with E-state index in [4.69, 9.17) is 9.72 Å². The number of carbonyl (C=O) groups excluding carboxylic acids is 1. The summed E-state index contributed by atoms with van der Waals surface area (Å²) in [6.45, 7) is 5.05. The summed E-state index contributed by atoms with van der Waals surface area (Å²) in [6, 6.07) is 15.3. The standard InChI is InChI=1S/C33H36N6O4/c1-20-7-3-9-23(20)30(40)37-27-12-4-10-25-24(27)14-13-21(2)29(25)43-31-26(11-5-16-34-31)28-15-17-35-32(38-28)36-22-8-6-18-39(19-22)33(41)42/h4-5,10-17,20,22-23H,3,6-9,18-19H2,1-2H3,(H,37,40)(H,41,42)(H,35,36,38)/t20?,22-,23?/m0/s1. The summed E-state index contributed by atoms with van der Waals surface area (Å²) in [7, 11) is 0. The van der Waals surface area contributed by atoms with Crippen LogP contribution in [0.3, 0.4) is 0 Å². The van der Waals surface area contributed by atoms with Crippen LogP contribution in [0.2, 0.25) is 0 Å². The number of carbonyl (C=O) groups is 2. The van der Waals surface area contributed by atoms with Crippen molar-refractivity contribution in [3.63, 3.8) is 0 Å². The van der Waals surface area contributed by atoms with Gasteiger partial charge in [-0.1, -0.05) is 37.6 Å². The van der Waals surface area contributed by atoms with Crippen LogP contribution in [0.15, 0.2) is 60.9 Å². The van der Waals surface area contributed by atoms with Crippen molar-refractivity contribution in [3.8, 4) is 22.9 Å². The Kier molecular flexibility index (Phi) is 8.09. The number of hydrogen-bond acceptors (Lipinski definition) is 7. The quantitative estimate of drug-likeness (QED) is 0.220. The molecule has 2 amide bonds. The van der Waals surface area contributed by atoms with Crippen LogP contribution in [-0.2, 0) is 4.79 Å². The number of amides is 2. The molecule has 3 atom stereocenters. The number of carboxylic acid groups (broad SMARTS) is 1. The molecule has 2 fully saturated rings. The highest BCUT2D eigenvalue weighted by molar-refractivity contribution is 6.05. The number of rotatable bonds is 7. The monoisotopic (exact) mass is 580 g/mol. The molecule has 10 heteroatoms. The van der Waals surface area contributed by atoms with Crippen molar-refractivity contribution >= 4 is 34.4 Å². The van der Waals surface area contributed by atoms with Crippen LogP contribution in [0, 0.1) is 18.8 Å². The van der Waals surface area contributed by atoms with Gasteiger partial charge in [0.2, 0.25) is 17.7 Å². The van der Waals surface area contributed by atoms with Gasteiger partial charge in [-0.2, -0.15) is 0 Å². The molecule has 222 valence electrons. The molecule has 43 heavy (non-hydrogen) atoms. The Hall–Kier alpha value is -4.73. The fourth-order valence-electron chi connectivity index (χ4n) is 6.24. The lowest BCUT2D eigenvalue weighted by Crippen LogP contribution is -2.44. The minimum absolute atomic E-state index is 0.0361. The van der Waals surface area contributed by atoms with Gasteiger partial charge in [0, 0.05) is 53.9 Å². The van der Waals surface area contributed by atoms with E-state index < -0.39 is 6.09 Å². The van der Waals surface area contributed by atoms with Crippen molar-refractivity contribution in [2.45, 2.75) is 52.0 Å². The van der Waals surface area contributed by atoms with Gasteiger partial charge < -0.3 is 25.4 Å². The summed E-state index contributed by atoms with van der Waals surface area (Å²) in [5, 5.41) is 17.6. The fraction of sp³-hybridized carbons (Fsp3) is 0.364. The molecule has 3 N–H and O–H groups in total. The second-order valence-electron chi connectivity index (χ2n) is 11.6. The Morgan fingerprint density at radius 2 is 1.86 bits per heavy atom. The predicted molar refractivity (Wildman–Crippen MR) is 165 cm³/mol. The number of pyridine rings is 1. The van der Waals surface area contributed by atoms with Crippen molar-refractivity contribution in [2.24, 2.45) is 11.8 Å². The largest absolute Gasteiger partial charge is 0.465 e. The molecule has 1 saturated carbocycles. The maximum atomic E-state index is 13.1. The molecule has 6 rings (SSSR count). The number of hydrogen-bond donors (Lipinski definition) is 3. The predicted octanol–water partition coefficient (Wildman–Crippen LogP) is 6.72. The zero-order valence-corrected chi connectivity index (χ0v) is 24.4. The number of anilines is 2.